The van der Waals surface area contributed by atoms with Crippen molar-refractivity contribution in [1.82, 2.24) is 14.7 Å². The van der Waals surface area contributed by atoms with Gasteiger partial charge in [-0.15, -0.1) is 0 Å². The van der Waals surface area contributed by atoms with Gasteiger partial charge in [-0.25, -0.2) is 9.48 Å². The van der Waals surface area contributed by atoms with Gasteiger partial charge in [0.1, 0.15) is 18.1 Å². The van der Waals surface area contributed by atoms with Crippen LogP contribution < -0.4 is 15.4 Å². The first-order chi connectivity index (χ1) is 17.5. The second-order valence-electron chi connectivity index (χ2n) is 9.53. The molecular weight excluding hydrogens is 513 g/mol. The Morgan fingerprint density at radius 1 is 1.00 bits per heavy atom. The van der Waals surface area contributed by atoms with Gasteiger partial charge in [0.15, 0.2) is 0 Å². The number of nitrogens with zero attached hydrogens (tertiary/aromatic N) is 3. The third-order valence-corrected chi connectivity index (χ3v) is 6.16. The molecule has 0 aliphatic carbocycles. The molecule has 0 radical (unpaired) electrons. The molecule has 0 spiro atoms. The van der Waals surface area contributed by atoms with Gasteiger partial charge in [-0.2, -0.15) is 5.10 Å². The summed E-state index contributed by atoms with van der Waals surface area (Å²) in [6, 6.07) is 13.7. The molecule has 1 heterocycles. The molecule has 0 saturated carbocycles. The summed E-state index contributed by atoms with van der Waals surface area (Å²) >= 11 is 12.3. The number of urea groups is 1. The Hall–Kier alpha value is -3.23. The molecule has 198 valence electrons. The third-order valence-electron chi connectivity index (χ3n) is 5.42. The van der Waals surface area contributed by atoms with Crippen LogP contribution in [-0.2, 0) is 10.2 Å². The van der Waals surface area contributed by atoms with Gasteiger partial charge >= 0.3 is 6.03 Å². The number of aromatic nitrogens is 2. The SMILES string of the molecule is CCCN(CC(=O)Nc1cc(C(C)(C)C)nn1-c1ccc(Cl)c(Cl)c1)C(=O)Nc1ccc(OCC)cc1. The lowest BCUT2D eigenvalue weighted by molar-refractivity contribution is -0.116. The van der Waals surface area contributed by atoms with Crippen molar-refractivity contribution in [2.45, 2.75) is 46.5 Å². The van der Waals surface area contributed by atoms with E-state index in [1.165, 1.54) is 4.90 Å². The monoisotopic (exact) mass is 545 g/mol. The normalized spacial score (nSPS) is 11.2. The number of halogens is 2. The number of carbonyl (C=O) groups excluding carboxylic acids is 2. The van der Waals surface area contributed by atoms with Crippen molar-refractivity contribution in [3.63, 3.8) is 0 Å². The number of nitrogens with one attached hydrogen (secondary N) is 2. The predicted molar refractivity (Wildman–Crippen MR) is 149 cm³/mol. The third kappa shape index (κ3) is 7.63. The lowest BCUT2D eigenvalue weighted by atomic mass is 9.92. The number of amides is 3. The van der Waals surface area contributed by atoms with E-state index >= 15 is 0 Å². The second-order valence-corrected chi connectivity index (χ2v) is 10.3. The maximum atomic E-state index is 13.1. The molecule has 0 atom stereocenters. The lowest BCUT2D eigenvalue weighted by Gasteiger charge is -2.22. The predicted octanol–water partition coefficient (Wildman–Crippen LogP) is 6.76. The van der Waals surface area contributed by atoms with Crippen LogP contribution in [0.25, 0.3) is 5.69 Å². The van der Waals surface area contributed by atoms with Crippen LogP contribution in [0.5, 0.6) is 5.75 Å². The number of hydrogen-bond acceptors (Lipinski definition) is 4. The Balaban J connectivity index is 1.78. The highest BCUT2D eigenvalue weighted by Gasteiger charge is 2.23. The summed E-state index contributed by atoms with van der Waals surface area (Å²) in [6.45, 7) is 10.8. The van der Waals surface area contributed by atoms with E-state index < -0.39 is 0 Å². The molecular formula is C27H33Cl2N5O3. The molecule has 2 N–H and O–H groups in total. The molecule has 0 bridgehead atoms. The van der Waals surface area contributed by atoms with Crippen LogP contribution in [0.4, 0.5) is 16.3 Å². The molecule has 0 aliphatic rings. The summed E-state index contributed by atoms with van der Waals surface area (Å²) in [4.78, 5) is 27.5. The quantitative estimate of drug-likeness (QED) is 0.311. The van der Waals surface area contributed by atoms with Gasteiger partial charge in [0.25, 0.3) is 0 Å². The highest BCUT2D eigenvalue weighted by atomic mass is 35.5. The largest absolute Gasteiger partial charge is 0.494 e. The molecule has 0 fully saturated rings. The van der Waals surface area contributed by atoms with E-state index in [9.17, 15) is 9.59 Å². The van der Waals surface area contributed by atoms with Gasteiger partial charge < -0.3 is 20.3 Å². The molecule has 37 heavy (non-hydrogen) atoms. The summed E-state index contributed by atoms with van der Waals surface area (Å²) in [5, 5.41) is 11.3. The molecule has 1 aromatic heterocycles. The van der Waals surface area contributed by atoms with Crippen molar-refractivity contribution in [2.24, 2.45) is 0 Å². The van der Waals surface area contributed by atoms with Crippen LogP contribution >= 0.6 is 23.2 Å². The highest BCUT2D eigenvalue weighted by Crippen LogP contribution is 2.29. The van der Waals surface area contributed by atoms with E-state index in [1.807, 2.05) is 40.7 Å². The van der Waals surface area contributed by atoms with Crippen LogP contribution in [0.3, 0.4) is 0 Å². The molecule has 8 nitrogen and oxygen atoms in total. The Kier molecular flexibility index (Phi) is 9.45. The van der Waals surface area contributed by atoms with E-state index in [2.05, 4.69) is 10.6 Å². The highest BCUT2D eigenvalue weighted by molar-refractivity contribution is 6.42. The summed E-state index contributed by atoms with van der Waals surface area (Å²) in [7, 11) is 0. The zero-order chi connectivity index (χ0) is 27.2. The fraction of sp³-hybridized carbons (Fsp3) is 0.370. The summed E-state index contributed by atoms with van der Waals surface area (Å²) in [6.07, 6.45) is 0.694. The smallest absolute Gasteiger partial charge is 0.322 e. The minimum Gasteiger partial charge on any atom is -0.494 e. The standard InChI is InChI=1S/C27H33Cl2N5O3/c1-6-14-33(26(36)30-18-8-11-20(12-9-18)37-7-2)17-25(35)31-24-16-23(27(3,4)5)32-34(24)19-10-13-21(28)22(29)15-19/h8-13,15-16H,6-7,14,17H2,1-5H3,(H,30,36)(H,31,35). The number of benzene rings is 2. The molecule has 3 aromatic rings. The van der Waals surface area contributed by atoms with E-state index in [0.29, 0.717) is 46.8 Å². The Bertz CT molecular complexity index is 1240. The topological polar surface area (TPSA) is 88.5 Å². The van der Waals surface area contributed by atoms with Crippen molar-refractivity contribution in [1.29, 1.82) is 0 Å². The van der Waals surface area contributed by atoms with Crippen molar-refractivity contribution in [2.75, 3.05) is 30.3 Å². The second kappa shape index (κ2) is 12.3. The molecule has 0 unspecified atom stereocenters. The van der Waals surface area contributed by atoms with Crippen molar-refractivity contribution in [3.8, 4) is 11.4 Å². The van der Waals surface area contributed by atoms with E-state index in [-0.39, 0.29) is 23.9 Å². The summed E-state index contributed by atoms with van der Waals surface area (Å²) in [5.41, 5.74) is 1.79. The van der Waals surface area contributed by atoms with Gasteiger partial charge in [0, 0.05) is 23.7 Å². The van der Waals surface area contributed by atoms with Crippen molar-refractivity contribution in [3.05, 3.63) is 64.3 Å². The van der Waals surface area contributed by atoms with Gasteiger partial charge in [0.2, 0.25) is 5.91 Å². The van der Waals surface area contributed by atoms with E-state index in [0.717, 1.165) is 11.4 Å². The summed E-state index contributed by atoms with van der Waals surface area (Å²) < 4.78 is 7.06. The average Bonchev–Trinajstić information content (AvgIpc) is 3.26. The fourth-order valence-electron chi connectivity index (χ4n) is 3.53. The van der Waals surface area contributed by atoms with Crippen LogP contribution in [0.1, 0.15) is 46.7 Å². The number of carbonyl (C=O) groups is 2. The maximum Gasteiger partial charge on any atom is 0.322 e. The summed E-state index contributed by atoms with van der Waals surface area (Å²) in [5.74, 6) is 0.840. The molecule has 3 rings (SSSR count). The van der Waals surface area contributed by atoms with E-state index in [1.54, 1.807) is 47.1 Å². The Morgan fingerprint density at radius 2 is 1.70 bits per heavy atom. The fourth-order valence-corrected chi connectivity index (χ4v) is 3.82. The minimum atomic E-state index is -0.366. The van der Waals surface area contributed by atoms with Crippen LogP contribution in [-0.4, -0.2) is 46.3 Å². The molecule has 2 aromatic carbocycles. The number of ether oxygens (including phenoxy) is 1. The van der Waals surface area contributed by atoms with Crippen molar-refractivity contribution >= 4 is 46.6 Å². The first-order valence-corrected chi connectivity index (χ1v) is 12.9. The average molecular weight is 546 g/mol. The van der Waals surface area contributed by atoms with Crippen LogP contribution in [0.2, 0.25) is 10.0 Å². The van der Waals surface area contributed by atoms with Gasteiger partial charge in [-0.1, -0.05) is 50.9 Å². The van der Waals surface area contributed by atoms with E-state index in [4.69, 9.17) is 33.0 Å². The minimum absolute atomic E-state index is 0.131. The number of rotatable bonds is 9. The van der Waals surface area contributed by atoms with Gasteiger partial charge in [-0.3, -0.25) is 4.79 Å². The zero-order valence-corrected chi connectivity index (χ0v) is 23.3. The first kappa shape index (κ1) is 28.3. The molecule has 3 amide bonds. The van der Waals surface area contributed by atoms with Gasteiger partial charge in [0.05, 0.1) is 28.0 Å². The maximum absolute atomic E-state index is 13.1. The zero-order valence-electron chi connectivity index (χ0n) is 21.8. The van der Waals surface area contributed by atoms with Crippen LogP contribution in [0.15, 0.2) is 48.5 Å². The van der Waals surface area contributed by atoms with Gasteiger partial charge in [-0.05, 0) is 55.8 Å². The molecule has 10 heteroatoms. The number of anilines is 2. The van der Waals surface area contributed by atoms with Crippen LogP contribution in [0, 0.1) is 0 Å². The molecule has 0 aliphatic heterocycles. The lowest BCUT2D eigenvalue weighted by Crippen LogP contribution is -2.41. The first-order valence-electron chi connectivity index (χ1n) is 12.2. The van der Waals surface area contributed by atoms with Crippen molar-refractivity contribution < 1.29 is 14.3 Å². The Morgan fingerprint density at radius 3 is 2.30 bits per heavy atom. The number of hydrogen-bond donors (Lipinski definition) is 2. The molecule has 0 saturated heterocycles. The Labute approximate surface area is 227 Å².